The van der Waals surface area contributed by atoms with Gasteiger partial charge in [-0.25, -0.2) is 9.97 Å². The molecule has 0 aromatic carbocycles. The van der Waals surface area contributed by atoms with Crippen LogP contribution < -0.4 is 10.6 Å². The van der Waals surface area contributed by atoms with Crippen LogP contribution in [0.25, 0.3) is 10.2 Å². The van der Waals surface area contributed by atoms with E-state index in [1.165, 1.54) is 24.0 Å². The zero-order valence-corrected chi connectivity index (χ0v) is 12.3. The molecule has 0 atom stereocenters. The van der Waals surface area contributed by atoms with Crippen molar-refractivity contribution in [2.45, 2.75) is 38.6 Å². The maximum atomic E-state index is 11.9. The van der Waals surface area contributed by atoms with E-state index >= 15 is 0 Å². The molecule has 106 valence electrons. The summed E-state index contributed by atoms with van der Waals surface area (Å²) in [6.45, 7) is 2.31. The first-order valence-corrected chi connectivity index (χ1v) is 7.78. The van der Waals surface area contributed by atoms with E-state index in [0.717, 1.165) is 28.9 Å². The number of nitrogens with one attached hydrogen (secondary N) is 2. The predicted octanol–water partition coefficient (Wildman–Crippen LogP) is 2.47. The first-order valence-electron chi connectivity index (χ1n) is 6.97. The number of carbonyl (C=O) groups is 1. The second kappa shape index (κ2) is 5.75. The number of fused-ring (bicyclic) bond motifs is 1. The van der Waals surface area contributed by atoms with Crippen molar-refractivity contribution in [1.82, 2.24) is 15.3 Å². The molecule has 1 aliphatic rings. The molecule has 3 rings (SSSR count). The van der Waals surface area contributed by atoms with Crippen LogP contribution in [0.1, 0.15) is 30.6 Å². The Hall–Kier alpha value is -1.69. The predicted molar refractivity (Wildman–Crippen MR) is 81.0 cm³/mol. The number of thiophene rings is 1. The highest BCUT2D eigenvalue weighted by molar-refractivity contribution is 7.18. The average Bonchev–Trinajstić information content (AvgIpc) is 3.04. The molecule has 0 bridgehead atoms. The average molecular weight is 290 g/mol. The van der Waals surface area contributed by atoms with E-state index in [-0.39, 0.29) is 12.5 Å². The molecule has 2 aromatic rings. The van der Waals surface area contributed by atoms with E-state index < -0.39 is 0 Å². The van der Waals surface area contributed by atoms with Crippen LogP contribution in [-0.4, -0.2) is 28.5 Å². The van der Waals surface area contributed by atoms with Gasteiger partial charge in [0.15, 0.2) is 0 Å². The third-order valence-corrected chi connectivity index (χ3v) is 4.55. The van der Waals surface area contributed by atoms with Crippen molar-refractivity contribution >= 4 is 33.3 Å². The molecule has 1 aliphatic carbocycles. The molecular formula is C14H18N4OS. The summed E-state index contributed by atoms with van der Waals surface area (Å²) in [6.07, 6.45) is 6.19. The highest BCUT2D eigenvalue weighted by atomic mass is 32.1. The third kappa shape index (κ3) is 2.90. The minimum atomic E-state index is 0.0376. The molecule has 2 aromatic heterocycles. The van der Waals surface area contributed by atoms with Crippen LogP contribution in [-0.2, 0) is 4.79 Å². The standard InChI is InChI=1S/C14H18N4OS/c1-9-6-11-13(16-8-17-14(11)20-9)15-7-12(19)18-10-4-2-3-5-10/h6,8,10H,2-5,7H2,1H3,(H,18,19)(H,15,16,17). The molecule has 0 radical (unpaired) electrons. The van der Waals surface area contributed by atoms with Crippen molar-refractivity contribution < 1.29 is 4.79 Å². The molecule has 0 spiro atoms. The number of amides is 1. The van der Waals surface area contributed by atoms with Crippen molar-refractivity contribution in [3.63, 3.8) is 0 Å². The Labute approximate surface area is 121 Å². The Kier molecular flexibility index (Phi) is 3.82. The molecule has 0 unspecified atom stereocenters. The van der Waals surface area contributed by atoms with E-state index in [1.54, 1.807) is 11.3 Å². The van der Waals surface area contributed by atoms with Gasteiger partial charge in [0.25, 0.3) is 0 Å². The molecule has 20 heavy (non-hydrogen) atoms. The topological polar surface area (TPSA) is 66.9 Å². The summed E-state index contributed by atoms with van der Waals surface area (Å²) in [5.74, 6) is 0.775. The van der Waals surface area contributed by atoms with Gasteiger partial charge in [-0.05, 0) is 25.8 Å². The Balaban J connectivity index is 1.63. The van der Waals surface area contributed by atoms with Crippen LogP contribution in [0.4, 0.5) is 5.82 Å². The molecular weight excluding hydrogens is 272 g/mol. The third-order valence-electron chi connectivity index (χ3n) is 3.59. The summed E-state index contributed by atoms with van der Waals surface area (Å²) < 4.78 is 0. The molecule has 6 heteroatoms. The molecule has 0 saturated heterocycles. The lowest BCUT2D eigenvalue weighted by Gasteiger charge is -2.12. The van der Waals surface area contributed by atoms with Gasteiger partial charge < -0.3 is 10.6 Å². The summed E-state index contributed by atoms with van der Waals surface area (Å²) in [7, 11) is 0. The number of hydrogen-bond donors (Lipinski definition) is 2. The minimum absolute atomic E-state index is 0.0376. The Morgan fingerprint density at radius 1 is 1.40 bits per heavy atom. The summed E-state index contributed by atoms with van der Waals surface area (Å²) in [5, 5.41) is 7.17. The van der Waals surface area contributed by atoms with Crippen molar-refractivity contribution in [2.75, 3.05) is 11.9 Å². The monoisotopic (exact) mass is 290 g/mol. The smallest absolute Gasteiger partial charge is 0.239 e. The molecule has 2 N–H and O–H groups in total. The Bertz CT molecular complexity index is 619. The quantitative estimate of drug-likeness (QED) is 0.908. The van der Waals surface area contributed by atoms with Gasteiger partial charge in [-0.2, -0.15) is 0 Å². The maximum absolute atomic E-state index is 11.9. The lowest BCUT2D eigenvalue weighted by molar-refractivity contribution is -0.120. The number of hydrogen-bond acceptors (Lipinski definition) is 5. The maximum Gasteiger partial charge on any atom is 0.239 e. The van der Waals surface area contributed by atoms with E-state index in [0.29, 0.717) is 6.04 Å². The van der Waals surface area contributed by atoms with Crippen molar-refractivity contribution in [2.24, 2.45) is 0 Å². The lowest BCUT2D eigenvalue weighted by Crippen LogP contribution is -2.36. The number of aromatic nitrogens is 2. The zero-order valence-electron chi connectivity index (χ0n) is 11.5. The molecule has 1 saturated carbocycles. The summed E-state index contributed by atoms with van der Waals surface area (Å²) in [4.78, 5) is 22.5. The molecule has 0 aliphatic heterocycles. The SMILES string of the molecule is Cc1cc2c(NCC(=O)NC3CCCC3)ncnc2s1. The van der Waals surface area contributed by atoms with E-state index in [1.807, 2.05) is 6.92 Å². The second-order valence-electron chi connectivity index (χ2n) is 5.20. The summed E-state index contributed by atoms with van der Waals surface area (Å²) in [5.41, 5.74) is 0. The number of anilines is 1. The number of rotatable bonds is 4. The first-order chi connectivity index (χ1) is 9.72. The normalized spacial score (nSPS) is 15.7. The second-order valence-corrected chi connectivity index (χ2v) is 6.44. The Morgan fingerprint density at radius 2 is 2.20 bits per heavy atom. The van der Waals surface area contributed by atoms with Gasteiger partial charge >= 0.3 is 0 Å². The van der Waals surface area contributed by atoms with Gasteiger partial charge in [0.2, 0.25) is 5.91 Å². The minimum Gasteiger partial charge on any atom is -0.360 e. The van der Waals surface area contributed by atoms with Crippen LogP contribution in [0.3, 0.4) is 0 Å². The van der Waals surface area contributed by atoms with Gasteiger partial charge in [-0.15, -0.1) is 11.3 Å². The lowest BCUT2D eigenvalue weighted by atomic mass is 10.2. The van der Waals surface area contributed by atoms with Crippen LogP contribution >= 0.6 is 11.3 Å². The van der Waals surface area contributed by atoms with Gasteiger partial charge in [0.1, 0.15) is 17.0 Å². The first kappa shape index (κ1) is 13.3. The molecule has 5 nitrogen and oxygen atoms in total. The van der Waals surface area contributed by atoms with Gasteiger partial charge in [0, 0.05) is 10.9 Å². The van der Waals surface area contributed by atoms with E-state index in [4.69, 9.17) is 0 Å². The fourth-order valence-electron chi connectivity index (χ4n) is 2.63. The number of carbonyl (C=O) groups excluding carboxylic acids is 1. The zero-order chi connectivity index (χ0) is 13.9. The summed E-state index contributed by atoms with van der Waals surface area (Å²) in [6, 6.07) is 2.41. The van der Waals surface area contributed by atoms with Crippen LogP contribution in [0.15, 0.2) is 12.4 Å². The number of nitrogens with zero attached hydrogens (tertiary/aromatic N) is 2. The molecule has 1 fully saturated rings. The van der Waals surface area contributed by atoms with E-state index in [9.17, 15) is 4.79 Å². The fourth-order valence-corrected chi connectivity index (χ4v) is 3.48. The highest BCUT2D eigenvalue weighted by Crippen LogP contribution is 2.27. The largest absolute Gasteiger partial charge is 0.360 e. The van der Waals surface area contributed by atoms with Gasteiger partial charge in [-0.3, -0.25) is 4.79 Å². The molecule has 2 heterocycles. The van der Waals surface area contributed by atoms with Crippen LogP contribution in [0.5, 0.6) is 0 Å². The molecule has 1 amide bonds. The van der Waals surface area contributed by atoms with Crippen LogP contribution in [0.2, 0.25) is 0 Å². The van der Waals surface area contributed by atoms with Crippen LogP contribution in [0, 0.1) is 6.92 Å². The fraction of sp³-hybridized carbons (Fsp3) is 0.500. The van der Waals surface area contributed by atoms with Crippen molar-refractivity contribution in [3.8, 4) is 0 Å². The van der Waals surface area contributed by atoms with Gasteiger partial charge in [-0.1, -0.05) is 12.8 Å². The number of aryl methyl sites for hydroxylation is 1. The summed E-state index contributed by atoms with van der Waals surface area (Å²) >= 11 is 1.64. The highest BCUT2D eigenvalue weighted by Gasteiger charge is 2.17. The van der Waals surface area contributed by atoms with Gasteiger partial charge in [0.05, 0.1) is 11.9 Å². The van der Waals surface area contributed by atoms with Crippen molar-refractivity contribution in [1.29, 1.82) is 0 Å². The Morgan fingerprint density at radius 3 is 3.00 bits per heavy atom. The van der Waals surface area contributed by atoms with Crippen molar-refractivity contribution in [3.05, 3.63) is 17.3 Å². The van der Waals surface area contributed by atoms with E-state index in [2.05, 4.69) is 26.7 Å².